The number of hydrogen-bond donors (Lipinski definition) is 1. The topological polar surface area (TPSA) is 12.0 Å². The number of benzene rings is 1. The van der Waals surface area contributed by atoms with Crippen molar-refractivity contribution in [1.29, 1.82) is 0 Å². The molecule has 0 bridgehead atoms. The largest absolute Gasteiger partial charge is 0.416 e. The highest BCUT2D eigenvalue weighted by atomic mass is 35.5. The number of rotatable bonds is 5. The summed E-state index contributed by atoms with van der Waals surface area (Å²) in [5.74, 6) is 0. The summed E-state index contributed by atoms with van der Waals surface area (Å²) < 4.78 is 37.8. The smallest absolute Gasteiger partial charge is 0.383 e. The molecule has 0 saturated carbocycles. The molecule has 0 aliphatic carbocycles. The van der Waals surface area contributed by atoms with Crippen molar-refractivity contribution in [3.63, 3.8) is 0 Å². The highest BCUT2D eigenvalue weighted by molar-refractivity contribution is 6.30. The summed E-state index contributed by atoms with van der Waals surface area (Å²) in [6.45, 7) is 4.03. The lowest BCUT2D eigenvalue weighted by atomic mass is 10.1. The third-order valence-corrected chi connectivity index (χ3v) is 2.85. The van der Waals surface area contributed by atoms with Crippen molar-refractivity contribution in [3.05, 3.63) is 28.8 Å². The minimum atomic E-state index is -4.37. The Kier molecular flexibility index (Phi) is 5.32. The van der Waals surface area contributed by atoms with Crippen LogP contribution in [0.5, 0.6) is 0 Å². The fourth-order valence-corrected chi connectivity index (χ4v) is 1.94. The van der Waals surface area contributed by atoms with Crippen LogP contribution in [0.2, 0.25) is 5.02 Å². The van der Waals surface area contributed by atoms with E-state index in [1.807, 2.05) is 6.92 Å². The maximum absolute atomic E-state index is 12.6. The molecule has 0 aromatic heterocycles. The molecule has 5 heteroatoms. The summed E-state index contributed by atoms with van der Waals surface area (Å²) in [6.07, 6.45) is -1.34. The van der Waals surface area contributed by atoms with Crippen LogP contribution in [0, 0.1) is 0 Å². The van der Waals surface area contributed by atoms with Crippen LogP contribution in [0.1, 0.15) is 38.7 Å². The van der Waals surface area contributed by atoms with Gasteiger partial charge in [0, 0.05) is 16.8 Å². The molecule has 18 heavy (non-hydrogen) atoms. The number of anilines is 1. The minimum Gasteiger partial charge on any atom is -0.383 e. The number of alkyl halides is 3. The van der Waals surface area contributed by atoms with E-state index in [0.29, 0.717) is 5.69 Å². The predicted octanol–water partition coefficient (Wildman–Crippen LogP) is 5.35. The standard InChI is InChI=1S/C13H17ClF3N/c1-3-4-5-9(2)18-12-7-10(13(15,16)17)6-11(14)8-12/h6-9,18H,3-5H2,1-2H3. The van der Waals surface area contributed by atoms with Gasteiger partial charge in [-0.05, 0) is 31.5 Å². The summed E-state index contributed by atoms with van der Waals surface area (Å²) in [4.78, 5) is 0. The fraction of sp³-hybridized carbons (Fsp3) is 0.538. The molecule has 1 aromatic rings. The Morgan fingerprint density at radius 1 is 1.28 bits per heavy atom. The maximum Gasteiger partial charge on any atom is 0.416 e. The highest BCUT2D eigenvalue weighted by Crippen LogP contribution is 2.33. The van der Waals surface area contributed by atoms with Crippen molar-refractivity contribution in [1.82, 2.24) is 0 Å². The Balaban J connectivity index is 2.80. The molecule has 102 valence electrons. The van der Waals surface area contributed by atoms with Crippen molar-refractivity contribution in [3.8, 4) is 0 Å². The molecule has 1 nitrogen and oxygen atoms in total. The molecule has 1 unspecified atom stereocenters. The second-order valence-corrected chi connectivity index (χ2v) is 4.85. The summed E-state index contributed by atoms with van der Waals surface area (Å²) in [6, 6.07) is 3.67. The van der Waals surface area contributed by atoms with Gasteiger partial charge in [0.2, 0.25) is 0 Å². The van der Waals surface area contributed by atoms with E-state index >= 15 is 0 Å². The van der Waals surface area contributed by atoms with Crippen LogP contribution in [0.15, 0.2) is 18.2 Å². The van der Waals surface area contributed by atoms with Crippen molar-refractivity contribution in [2.24, 2.45) is 0 Å². The highest BCUT2D eigenvalue weighted by Gasteiger charge is 2.31. The maximum atomic E-state index is 12.6. The van der Waals surface area contributed by atoms with Gasteiger partial charge in [-0.1, -0.05) is 31.4 Å². The van der Waals surface area contributed by atoms with Gasteiger partial charge < -0.3 is 5.32 Å². The van der Waals surface area contributed by atoms with Gasteiger partial charge in [0.15, 0.2) is 0 Å². The van der Waals surface area contributed by atoms with Crippen LogP contribution >= 0.6 is 11.6 Å². The quantitative estimate of drug-likeness (QED) is 0.766. The van der Waals surface area contributed by atoms with Gasteiger partial charge in [0.25, 0.3) is 0 Å². The number of halogens is 4. The van der Waals surface area contributed by atoms with E-state index in [4.69, 9.17) is 11.6 Å². The minimum absolute atomic E-state index is 0.0926. The van der Waals surface area contributed by atoms with Crippen LogP contribution in [0.3, 0.4) is 0 Å². The lowest BCUT2D eigenvalue weighted by molar-refractivity contribution is -0.137. The van der Waals surface area contributed by atoms with Crippen molar-refractivity contribution >= 4 is 17.3 Å². The zero-order valence-electron chi connectivity index (χ0n) is 10.4. The zero-order chi connectivity index (χ0) is 13.8. The average molecular weight is 280 g/mol. The molecule has 1 atom stereocenters. The Morgan fingerprint density at radius 2 is 1.94 bits per heavy atom. The van der Waals surface area contributed by atoms with Crippen molar-refractivity contribution in [2.75, 3.05) is 5.32 Å². The molecule has 0 fully saturated rings. The first-order valence-electron chi connectivity index (χ1n) is 5.97. The van der Waals surface area contributed by atoms with Gasteiger partial charge in [0.1, 0.15) is 0 Å². The van der Waals surface area contributed by atoms with Gasteiger partial charge in [0.05, 0.1) is 5.56 Å². The molecule has 0 aliphatic heterocycles. The molecule has 0 heterocycles. The Bertz CT molecular complexity index is 390. The van der Waals surface area contributed by atoms with E-state index in [-0.39, 0.29) is 11.1 Å². The van der Waals surface area contributed by atoms with E-state index in [2.05, 4.69) is 12.2 Å². The molecule has 0 saturated heterocycles. The van der Waals surface area contributed by atoms with E-state index in [1.165, 1.54) is 6.07 Å². The van der Waals surface area contributed by atoms with E-state index in [0.717, 1.165) is 31.4 Å². The predicted molar refractivity (Wildman–Crippen MR) is 69.1 cm³/mol. The Labute approximate surface area is 110 Å². The first-order valence-corrected chi connectivity index (χ1v) is 6.35. The van der Waals surface area contributed by atoms with Gasteiger partial charge in [-0.2, -0.15) is 13.2 Å². The molecule has 1 aromatic carbocycles. The summed E-state index contributed by atoms with van der Waals surface area (Å²) in [5, 5.41) is 3.14. The monoisotopic (exact) mass is 279 g/mol. The average Bonchev–Trinajstić information content (AvgIpc) is 2.24. The van der Waals surface area contributed by atoms with E-state index < -0.39 is 11.7 Å². The fourth-order valence-electron chi connectivity index (χ4n) is 1.70. The third-order valence-electron chi connectivity index (χ3n) is 2.63. The molecule has 0 radical (unpaired) electrons. The normalized spacial score (nSPS) is 13.4. The lowest BCUT2D eigenvalue weighted by Gasteiger charge is -2.16. The molecular formula is C13H17ClF3N. The van der Waals surface area contributed by atoms with Crippen molar-refractivity contribution in [2.45, 2.75) is 45.3 Å². The van der Waals surface area contributed by atoms with Crippen LogP contribution in [-0.2, 0) is 6.18 Å². The van der Waals surface area contributed by atoms with Gasteiger partial charge in [-0.3, -0.25) is 0 Å². The molecule has 0 aliphatic rings. The number of unbranched alkanes of at least 4 members (excludes halogenated alkanes) is 1. The summed E-state index contributed by atoms with van der Waals surface area (Å²) >= 11 is 5.70. The first kappa shape index (κ1) is 15.2. The van der Waals surface area contributed by atoms with E-state index in [1.54, 1.807) is 0 Å². The van der Waals surface area contributed by atoms with Crippen LogP contribution in [-0.4, -0.2) is 6.04 Å². The molecule has 0 amide bonds. The lowest BCUT2D eigenvalue weighted by Crippen LogP contribution is -2.15. The van der Waals surface area contributed by atoms with E-state index in [9.17, 15) is 13.2 Å². The van der Waals surface area contributed by atoms with Gasteiger partial charge >= 0.3 is 6.18 Å². The number of hydrogen-bond acceptors (Lipinski definition) is 1. The molecule has 0 spiro atoms. The van der Waals surface area contributed by atoms with Crippen molar-refractivity contribution < 1.29 is 13.2 Å². The second kappa shape index (κ2) is 6.32. The van der Waals surface area contributed by atoms with Gasteiger partial charge in [-0.15, -0.1) is 0 Å². The third kappa shape index (κ3) is 4.77. The van der Waals surface area contributed by atoms with Crippen LogP contribution < -0.4 is 5.32 Å². The van der Waals surface area contributed by atoms with Crippen LogP contribution in [0.25, 0.3) is 0 Å². The molecule has 1 rings (SSSR count). The molecular weight excluding hydrogens is 263 g/mol. The Morgan fingerprint density at radius 3 is 2.50 bits per heavy atom. The van der Waals surface area contributed by atoms with Gasteiger partial charge in [-0.25, -0.2) is 0 Å². The first-order chi connectivity index (χ1) is 8.32. The zero-order valence-corrected chi connectivity index (χ0v) is 11.2. The molecule has 1 N–H and O–H groups in total. The Hall–Kier alpha value is -0.900. The SMILES string of the molecule is CCCCC(C)Nc1cc(Cl)cc(C(F)(F)F)c1. The summed E-state index contributed by atoms with van der Waals surface area (Å²) in [5.41, 5.74) is -0.307. The summed E-state index contributed by atoms with van der Waals surface area (Å²) in [7, 11) is 0. The second-order valence-electron chi connectivity index (χ2n) is 4.41. The van der Waals surface area contributed by atoms with Crippen LogP contribution in [0.4, 0.5) is 18.9 Å². The number of nitrogens with one attached hydrogen (secondary N) is 1.